The molecule has 0 saturated heterocycles. The molecule has 1 aliphatic rings. The monoisotopic (exact) mass is 377 g/mol. The van der Waals surface area contributed by atoms with E-state index in [-0.39, 0.29) is 17.3 Å². The number of Topliss-reactive ketones (excluding diaryl/α,β-unsaturated/α-hetero) is 1. The minimum Gasteiger partial charge on any atom is -0.452 e. The van der Waals surface area contributed by atoms with Gasteiger partial charge in [-0.05, 0) is 29.8 Å². The summed E-state index contributed by atoms with van der Waals surface area (Å²) in [7, 11) is 3.15. The number of hydrogen-bond donors (Lipinski definition) is 0. The van der Waals surface area contributed by atoms with Crippen LogP contribution in [0.1, 0.15) is 15.9 Å². The van der Waals surface area contributed by atoms with E-state index in [1.165, 1.54) is 23.1 Å². The molecule has 3 rings (SSSR count). The number of benzene rings is 2. The van der Waals surface area contributed by atoms with Gasteiger partial charge in [-0.2, -0.15) is 0 Å². The molecule has 0 aliphatic carbocycles. The van der Waals surface area contributed by atoms with Crippen LogP contribution < -0.4 is 9.47 Å². The average molecular weight is 378 g/mol. The summed E-state index contributed by atoms with van der Waals surface area (Å²) in [5.41, 5.74) is 0.957. The van der Waals surface area contributed by atoms with Gasteiger partial charge in [0.15, 0.2) is 5.76 Å². The molecule has 0 unspecified atom stereocenters. The van der Waals surface area contributed by atoms with Crippen LogP contribution in [0.25, 0.3) is 6.08 Å². The maximum atomic E-state index is 12.5. The second kappa shape index (κ2) is 6.78. The third kappa shape index (κ3) is 3.48. The number of rotatable bonds is 2. The normalized spacial score (nSPS) is 14.2. The van der Waals surface area contributed by atoms with E-state index in [0.29, 0.717) is 26.9 Å². The fourth-order valence-corrected chi connectivity index (χ4v) is 2.56. The molecule has 0 N–H and O–H groups in total. The van der Waals surface area contributed by atoms with Gasteiger partial charge in [-0.1, -0.05) is 35.3 Å². The van der Waals surface area contributed by atoms with Crippen LogP contribution in [0.2, 0.25) is 10.0 Å². The van der Waals surface area contributed by atoms with Crippen LogP contribution in [0.3, 0.4) is 0 Å². The number of ketones is 1. The first-order valence-corrected chi connectivity index (χ1v) is 8.04. The highest BCUT2D eigenvalue weighted by molar-refractivity contribution is 6.43. The van der Waals surface area contributed by atoms with Crippen LogP contribution in [0.4, 0.5) is 4.79 Å². The topological polar surface area (TPSA) is 55.8 Å². The molecule has 0 spiro atoms. The molecule has 2 aromatic carbocycles. The van der Waals surface area contributed by atoms with E-state index < -0.39 is 6.09 Å². The van der Waals surface area contributed by atoms with Gasteiger partial charge >= 0.3 is 6.09 Å². The molecule has 7 heteroatoms. The molecule has 2 aromatic rings. The van der Waals surface area contributed by atoms with Crippen LogP contribution >= 0.6 is 23.2 Å². The van der Waals surface area contributed by atoms with Crippen molar-refractivity contribution in [2.75, 3.05) is 14.1 Å². The molecule has 1 aliphatic heterocycles. The summed E-state index contributed by atoms with van der Waals surface area (Å²) in [4.78, 5) is 25.4. The lowest BCUT2D eigenvalue weighted by atomic mass is 10.1. The quantitative estimate of drug-likeness (QED) is 0.713. The van der Waals surface area contributed by atoms with Crippen molar-refractivity contribution in [1.82, 2.24) is 4.90 Å². The van der Waals surface area contributed by atoms with Gasteiger partial charge < -0.3 is 14.4 Å². The third-order valence-corrected chi connectivity index (χ3v) is 4.31. The predicted octanol–water partition coefficient (Wildman–Crippen LogP) is 4.67. The SMILES string of the molecule is CN(C)C(=O)Oc1ccc2c(c1)OC(=Cc1cccc(Cl)c1Cl)C2=O. The molecule has 0 fully saturated rings. The van der Waals surface area contributed by atoms with Crippen molar-refractivity contribution >= 4 is 41.2 Å². The molecule has 128 valence electrons. The second-order valence-electron chi connectivity index (χ2n) is 5.50. The van der Waals surface area contributed by atoms with E-state index in [9.17, 15) is 9.59 Å². The van der Waals surface area contributed by atoms with E-state index in [0.717, 1.165) is 0 Å². The lowest BCUT2D eigenvalue weighted by molar-refractivity contribution is 0.101. The highest BCUT2D eigenvalue weighted by Gasteiger charge is 2.28. The van der Waals surface area contributed by atoms with Crippen molar-refractivity contribution in [2.24, 2.45) is 0 Å². The average Bonchev–Trinajstić information content (AvgIpc) is 2.87. The van der Waals surface area contributed by atoms with Gasteiger partial charge in [0.25, 0.3) is 0 Å². The van der Waals surface area contributed by atoms with Gasteiger partial charge in [-0.3, -0.25) is 4.79 Å². The van der Waals surface area contributed by atoms with E-state index in [1.807, 2.05) is 0 Å². The molecule has 0 bridgehead atoms. The number of halogens is 2. The Morgan fingerprint density at radius 1 is 1.20 bits per heavy atom. The number of nitrogens with zero attached hydrogens (tertiary/aromatic N) is 1. The number of carbonyl (C=O) groups is 2. The fraction of sp³-hybridized carbons (Fsp3) is 0.111. The molecule has 25 heavy (non-hydrogen) atoms. The largest absolute Gasteiger partial charge is 0.452 e. The lowest BCUT2D eigenvalue weighted by Crippen LogP contribution is -2.25. The molecular weight excluding hydrogens is 365 g/mol. The first-order valence-electron chi connectivity index (χ1n) is 7.28. The number of fused-ring (bicyclic) bond motifs is 1. The van der Waals surface area contributed by atoms with Gasteiger partial charge in [0.05, 0.1) is 15.6 Å². The maximum absolute atomic E-state index is 12.5. The van der Waals surface area contributed by atoms with Crippen LogP contribution in [-0.2, 0) is 0 Å². The summed E-state index contributed by atoms with van der Waals surface area (Å²) in [5, 5.41) is 0.724. The van der Waals surface area contributed by atoms with Crippen molar-refractivity contribution in [2.45, 2.75) is 0 Å². The fourth-order valence-electron chi connectivity index (χ4n) is 2.20. The molecule has 5 nitrogen and oxygen atoms in total. The molecule has 0 atom stereocenters. The van der Waals surface area contributed by atoms with Crippen molar-refractivity contribution in [3.63, 3.8) is 0 Å². The number of carbonyl (C=O) groups excluding carboxylic acids is 2. The van der Waals surface area contributed by atoms with Crippen LogP contribution in [0.5, 0.6) is 11.5 Å². The molecule has 1 heterocycles. The number of hydrogen-bond acceptors (Lipinski definition) is 4. The zero-order valence-electron chi connectivity index (χ0n) is 13.4. The van der Waals surface area contributed by atoms with Crippen LogP contribution in [0, 0.1) is 0 Å². The smallest absolute Gasteiger partial charge is 0.414 e. The molecule has 0 radical (unpaired) electrons. The van der Waals surface area contributed by atoms with Gasteiger partial charge in [0.2, 0.25) is 5.78 Å². The summed E-state index contributed by atoms with van der Waals surface area (Å²) >= 11 is 12.1. The number of ether oxygens (including phenoxy) is 2. The Morgan fingerprint density at radius 3 is 2.68 bits per heavy atom. The van der Waals surface area contributed by atoms with Crippen molar-refractivity contribution in [3.05, 3.63) is 63.3 Å². The Labute approximate surface area is 154 Å². The Morgan fingerprint density at radius 2 is 1.96 bits per heavy atom. The number of allylic oxidation sites excluding steroid dienone is 1. The maximum Gasteiger partial charge on any atom is 0.414 e. The zero-order valence-corrected chi connectivity index (χ0v) is 14.9. The summed E-state index contributed by atoms with van der Waals surface area (Å²) in [6.07, 6.45) is 1.01. The predicted molar refractivity (Wildman–Crippen MR) is 95.6 cm³/mol. The lowest BCUT2D eigenvalue weighted by Gasteiger charge is -2.10. The van der Waals surface area contributed by atoms with E-state index in [4.69, 9.17) is 32.7 Å². The van der Waals surface area contributed by atoms with Crippen molar-refractivity contribution in [3.8, 4) is 11.5 Å². The Balaban J connectivity index is 1.89. The Kier molecular flexibility index (Phi) is 4.70. The van der Waals surface area contributed by atoms with E-state index >= 15 is 0 Å². The Bertz CT molecular complexity index is 906. The third-order valence-electron chi connectivity index (χ3n) is 3.48. The standard InChI is InChI=1S/C18H13Cl2NO4/c1-21(2)18(23)24-11-6-7-12-14(9-11)25-15(17(12)22)8-10-4-3-5-13(19)16(10)20/h3-9H,1-2H3. The molecular formula is C18H13Cl2NO4. The van der Waals surface area contributed by atoms with E-state index in [2.05, 4.69) is 0 Å². The van der Waals surface area contributed by atoms with Gasteiger partial charge in [0, 0.05) is 20.2 Å². The Hall–Kier alpha value is -2.50. The summed E-state index contributed by atoms with van der Waals surface area (Å²) in [5.74, 6) is 0.442. The highest BCUT2D eigenvalue weighted by Crippen LogP contribution is 2.36. The molecule has 0 aromatic heterocycles. The van der Waals surface area contributed by atoms with Crippen LogP contribution in [-0.4, -0.2) is 30.9 Å². The summed E-state index contributed by atoms with van der Waals surface area (Å²) in [6.45, 7) is 0. The van der Waals surface area contributed by atoms with Gasteiger partial charge in [0.1, 0.15) is 11.5 Å². The zero-order chi connectivity index (χ0) is 18.1. The van der Waals surface area contributed by atoms with Crippen molar-refractivity contribution < 1.29 is 19.1 Å². The summed E-state index contributed by atoms with van der Waals surface area (Å²) < 4.78 is 10.8. The van der Waals surface area contributed by atoms with E-state index in [1.54, 1.807) is 38.4 Å². The molecule has 0 saturated carbocycles. The van der Waals surface area contributed by atoms with Gasteiger partial charge in [-0.15, -0.1) is 0 Å². The van der Waals surface area contributed by atoms with Crippen LogP contribution in [0.15, 0.2) is 42.2 Å². The van der Waals surface area contributed by atoms with Crippen molar-refractivity contribution in [1.29, 1.82) is 0 Å². The number of amides is 1. The second-order valence-corrected chi connectivity index (χ2v) is 6.29. The van der Waals surface area contributed by atoms with Gasteiger partial charge in [-0.25, -0.2) is 4.79 Å². The first kappa shape index (κ1) is 17.3. The highest BCUT2D eigenvalue weighted by atomic mass is 35.5. The minimum absolute atomic E-state index is 0.121. The minimum atomic E-state index is -0.522. The first-order chi connectivity index (χ1) is 11.9. The molecule has 1 amide bonds. The summed E-state index contributed by atoms with van der Waals surface area (Å²) in [6, 6.07) is 9.70.